The Morgan fingerprint density at radius 2 is 2.00 bits per heavy atom. The molecule has 0 atom stereocenters. The smallest absolute Gasteiger partial charge is 0.313 e. The van der Waals surface area contributed by atoms with Crippen molar-refractivity contribution in [1.29, 1.82) is 0 Å². The molecule has 2 aromatic rings. The monoisotopic (exact) mass is 366 g/mol. The van der Waals surface area contributed by atoms with Crippen molar-refractivity contribution in [3.8, 4) is 11.1 Å². The van der Waals surface area contributed by atoms with Crippen molar-refractivity contribution in [3.05, 3.63) is 52.0 Å². The van der Waals surface area contributed by atoms with Crippen molar-refractivity contribution in [2.45, 2.75) is 6.54 Å². The third kappa shape index (κ3) is 3.80. The van der Waals surface area contributed by atoms with Crippen LogP contribution in [-0.4, -0.2) is 22.0 Å². The molecule has 4 nitrogen and oxygen atoms in total. The van der Waals surface area contributed by atoms with E-state index in [4.69, 9.17) is 28.3 Å². The summed E-state index contributed by atoms with van der Waals surface area (Å²) in [5.74, 6) is -0.904. The molecule has 0 aliphatic carbocycles. The summed E-state index contributed by atoms with van der Waals surface area (Å²) in [7, 11) is 0. The summed E-state index contributed by atoms with van der Waals surface area (Å²) in [4.78, 5) is 15.0. The van der Waals surface area contributed by atoms with Crippen LogP contribution >= 0.6 is 35.0 Å². The number of nitrogens with zero attached hydrogens (tertiary/aromatic N) is 1. The van der Waals surface area contributed by atoms with Crippen LogP contribution in [0.1, 0.15) is 5.56 Å². The number of hydrogen-bond donors (Lipinski definition) is 2. The molecular weight excluding hydrogens is 355 g/mol. The summed E-state index contributed by atoms with van der Waals surface area (Å²) in [6, 6.07) is 11.3. The van der Waals surface area contributed by atoms with Crippen molar-refractivity contribution in [3.63, 3.8) is 0 Å². The third-order valence-electron chi connectivity index (χ3n) is 3.32. The average molecular weight is 367 g/mol. The Balaban J connectivity index is 1.86. The predicted octanol–water partition coefficient (Wildman–Crippen LogP) is 4.76. The first kappa shape index (κ1) is 16.2. The van der Waals surface area contributed by atoms with Gasteiger partial charge in [-0.1, -0.05) is 47.1 Å². The number of thioether (sulfide) groups is 1. The predicted molar refractivity (Wildman–Crippen MR) is 96.8 cm³/mol. The first-order chi connectivity index (χ1) is 11.0. The Morgan fingerprint density at radius 1 is 1.26 bits per heavy atom. The zero-order valence-corrected chi connectivity index (χ0v) is 14.2. The third-order valence-corrected chi connectivity index (χ3v) is 4.78. The van der Waals surface area contributed by atoms with Gasteiger partial charge in [-0.05, 0) is 35.4 Å². The first-order valence-corrected chi connectivity index (χ1v) is 8.51. The summed E-state index contributed by atoms with van der Waals surface area (Å²) in [6.45, 7) is 0.488. The van der Waals surface area contributed by atoms with Gasteiger partial charge in [0.25, 0.3) is 0 Å². The lowest BCUT2D eigenvalue weighted by Crippen LogP contribution is -2.16. The fourth-order valence-corrected chi connectivity index (χ4v) is 3.24. The molecule has 23 heavy (non-hydrogen) atoms. The Labute approximate surface area is 147 Å². The molecule has 118 valence electrons. The van der Waals surface area contributed by atoms with Crippen molar-refractivity contribution in [1.82, 2.24) is 0 Å². The summed E-state index contributed by atoms with van der Waals surface area (Å²) >= 11 is 13.5. The van der Waals surface area contributed by atoms with Gasteiger partial charge in [0, 0.05) is 16.3 Å². The molecule has 0 aromatic heterocycles. The molecule has 7 heteroatoms. The van der Waals surface area contributed by atoms with E-state index in [1.165, 1.54) is 0 Å². The summed E-state index contributed by atoms with van der Waals surface area (Å²) in [5.41, 5.74) is 3.77. The second-order valence-electron chi connectivity index (χ2n) is 4.92. The Kier molecular flexibility index (Phi) is 4.80. The normalized spacial score (nSPS) is 13.0. The number of hydrogen-bond acceptors (Lipinski definition) is 4. The van der Waals surface area contributed by atoms with Crippen molar-refractivity contribution in [2.75, 3.05) is 11.1 Å². The van der Waals surface area contributed by atoms with E-state index in [1.807, 2.05) is 36.4 Å². The van der Waals surface area contributed by atoms with E-state index in [0.717, 1.165) is 34.1 Å². The van der Waals surface area contributed by atoms with Crippen LogP contribution in [0.25, 0.3) is 11.1 Å². The lowest BCUT2D eigenvalue weighted by molar-refractivity contribution is -0.133. The summed E-state index contributed by atoms with van der Waals surface area (Å²) in [5, 5.41) is 13.7. The standard InChI is InChI=1S/C16H12Cl2N2O2S/c17-11-3-1-9(2-4-11)12-5-10-7-19-16(23-8-15(21)22)20-14(10)6-13(12)18/h1-6H,7-8H2,(H,19,20)(H,21,22). The van der Waals surface area contributed by atoms with E-state index in [9.17, 15) is 4.79 Å². The summed E-state index contributed by atoms with van der Waals surface area (Å²) in [6.07, 6.45) is 0. The van der Waals surface area contributed by atoms with Gasteiger partial charge in [0.2, 0.25) is 0 Å². The molecule has 1 heterocycles. The van der Waals surface area contributed by atoms with Crippen LogP contribution in [0.2, 0.25) is 10.0 Å². The van der Waals surface area contributed by atoms with Crippen LogP contribution in [0.4, 0.5) is 5.69 Å². The zero-order chi connectivity index (χ0) is 16.4. The van der Waals surface area contributed by atoms with E-state index in [0.29, 0.717) is 21.8 Å². The van der Waals surface area contributed by atoms with Gasteiger partial charge in [-0.2, -0.15) is 0 Å². The number of nitrogens with one attached hydrogen (secondary N) is 1. The molecule has 2 N–H and O–H groups in total. The minimum Gasteiger partial charge on any atom is -0.481 e. The van der Waals surface area contributed by atoms with Crippen LogP contribution in [-0.2, 0) is 11.3 Å². The van der Waals surface area contributed by atoms with Crippen LogP contribution in [0.5, 0.6) is 0 Å². The van der Waals surface area contributed by atoms with E-state index in [2.05, 4.69) is 10.3 Å². The Hall–Kier alpha value is -1.69. The van der Waals surface area contributed by atoms with E-state index in [1.54, 1.807) is 0 Å². The molecular formula is C16H12Cl2N2O2S. The lowest BCUT2D eigenvalue weighted by atomic mass is 10.0. The fourth-order valence-electron chi connectivity index (χ4n) is 2.24. The van der Waals surface area contributed by atoms with Crippen LogP contribution in [0.3, 0.4) is 0 Å². The van der Waals surface area contributed by atoms with Gasteiger partial charge >= 0.3 is 5.97 Å². The maximum absolute atomic E-state index is 10.6. The average Bonchev–Trinajstić information content (AvgIpc) is 2.53. The second kappa shape index (κ2) is 6.83. The molecule has 1 aliphatic rings. The molecule has 0 unspecified atom stereocenters. The van der Waals surface area contributed by atoms with E-state index >= 15 is 0 Å². The maximum atomic E-state index is 10.6. The summed E-state index contributed by atoms with van der Waals surface area (Å²) < 4.78 is 0. The topological polar surface area (TPSA) is 61.7 Å². The lowest BCUT2D eigenvalue weighted by Gasteiger charge is -2.19. The largest absolute Gasteiger partial charge is 0.481 e. The SMILES string of the molecule is O=C(O)CSC1=NCc2cc(-c3ccc(Cl)cc3)c(Cl)cc2N1. The number of rotatable bonds is 3. The molecule has 2 aromatic carbocycles. The number of aliphatic carboxylic acids is 1. The molecule has 0 radical (unpaired) electrons. The van der Waals surface area contributed by atoms with E-state index in [-0.39, 0.29) is 5.75 Å². The Bertz CT molecular complexity index is 791. The molecule has 0 spiro atoms. The van der Waals surface area contributed by atoms with Gasteiger partial charge < -0.3 is 10.4 Å². The van der Waals surface area contributed by atoms with Gasteiger partial charge in [0.15, 0.2) is 5.17 Å². The Morgan fingerprint density at radius 3 is 2.70 bits per heavy atom. The zero-order valence-electron chi connectivity index (χ0n) is 11.8. The number of aliphatic imine (C=N–C) groups is 1. The number of carbonyl (C=O) groups is 1. The molecule has 0 bridgehead atoms. The molecule has 0 fully saturated rings. The van der Waals surface area contributed by atoms with Crippen LogP contribution in [0, 0.1) is 0 Å². The first-order valence-electron chi connectivity index (χ1n) is 6.77. The fraction of sp³-hybridized carbons (Fsp3) is 0.125. The number of amidine groups is 1. The number of anilines is 1. The number of halogens is 2. The highest BCUT2D eigenvalue weighted by molar-refractivity contribution is 8.14. The van der Waals surface area contributed by atoms with Gasteiger partial charge in [-0.3, -0.25) is 9.79 Å². The highest BCUT2D eigenvalue weighted by atomic mass is 35.5. The van der Waals surface area contributed by atoms with Crippen LogP contribution < -0.4 is 5.32 Å². The highest BCUT2D eigenvalue weighted by Crippen LogP contribution is 2.35. The molecule has 1 aliphatic heterocycles. The number of carboxylic acids is 1. The highest BCUT2D eigenvalue weighted by Gasteiger charge is 2.16. The quantitative estimate of drug-likeness (QED) is 0.821. The second-order valence-corrected chi connectivity index (χ2v) is 6.73. The molecule has 0 amide bonds. The van der Waals surface area contributed by atoms with Gasteiger partial charge in [-0.25, -0.2) is 0 Å². The van der Waals surface area contributed by atoms with Crippen LogP contribution in [0.15, 0.2) is 41.4 Å². The maximum Gasteiger partial charge on any atom is 0.313 e. The van der Waals surface area contributed by atoms with Gasteiger partial charge in [0.1, 0.15) is 0 Å². The number of benzene rings is 2. The molecule has 0 saturated heterocycles. The molecule has 0 saturated carbocycles. The number of carboxylic acid groups (broad SMARTS) is 1. The van der Waals surface area contributed by atoms with Crippen molar-refractivity contribution in [2.24, 2.45) is 4.99 Å². The van der Waals surface area contributed by atoms with Crippen molar-refractivity contribution >= 4 is 51.8 Å². The van der Waals surface area contributed by atoms with Crippen molar-refractivity contribution < 1.29 is 9.90 Å². The number of fused-ring (bicyclic) bond motifs is 1. The van der Waals surface area contributed by atoms with E-state index < -0.39 is 5.97 Å². The van der Waals surface area contributed by atoms with Gasteiger partial charge in [-0.15, -0.1) is 0 Å². The minimum atomic E-state index is -0.874. The van der Waals surface area contributed by atoms with Gasteiger partial charge in [0.05, 0.1) is 17.3 Å². The molecule has 3 rings (SSSR count). The minimum absolute atomic E-state index is 0.0300.